The molecule has 1 aromatic heterocycles. The Morgan fingerprint density at radius 2 is 1.82 bits per heavy atom. The van der Waals surface area contributed by atoms with Gasteiger partial charge < -0.3 is 9.52 Å². The molecule has 0 aliphatic rings. The van der Waals surface area contributed by atoms with E-state index in [4.69, 9.17) is 4.42 Å². The highest BCUT2D eigenvalue weighted by molar-refractivity contribution is 5.64. The molecule has 0 amide bonds. The van der Waals surface area contributed by atoms with E-state index in [0.29, 0.717) is 18.2 Å². The van der Waals surface area contributed by atoms with Crippen LogP contribution in [0.25, 0.3) is 11.1 Å². The molecule has 4 nitrogen and oxygen atoms in total. The van der Waals surface area contributed by atoms with Crippen LogP contribution in [0.3, 0.4) is 0 Å². The third kappa shape index (κ3) is 3.23. The standard InChI is InChI=1S/C18H18N2O2/c1-12(21)16-4-3-5-17(11-16)15-8-6-14(7-9-15)10-18-20-19-13(2)22-18/h3-9,11-12,21H,10H2,1-2H3. The second-order valence-corrected chi connectivity index (χ2v) is 5.39. The van der Waals surface area contributed by atoms with Gasteiger partial charge in [0, 0.05) is 6.92 Å². The Balaban J connectivity index is 1.80. The lowest BCUT2D eigenvalue weighted by atomic mass is 9.99. The predicted molar refractivity (Wildman–Crippen MR) is 84.4 cm³/mol. The first kappa shape index (κ1) is 14.5. The van der Waals surface area contributed by atoms with Crippen molar-refractivity contribution in [2.24, 2.45) is 0 Å². The molecule has 0 aliphatic heterocycles. The molecule has 3 rings (SSSR count). The van der Waals surface area contributed by atoms with Crippen molar-refractivity contribution in [1.82, 2.24) is 10.2 Å². The Morgan fingerprint density at radius 3 is 2.45 bits per heavy atom. The first-order chi connectivity index (χ1) is 10.6. The number of aliphatic hydroxyl groups excluding tert-OH is 1. The average Bonchev–Trinajstić information content (AvgIpc) is 2.93. The van der Waals surface area contributed by atoms with Gasteiger partial charge in [-0.1, -0.05) is 42.5 Å². The molecule has 0 fully saturated rings. The average molecular weight is 294 g/mol. The van der Waals surface area contributed by atoms with Gasteiger partial charge in [0.2, 0.25) is 11.8 Å². The molecule has 0 spiro atoms. The third-order valence-electron chi connectivity index (χ3n) is 3.58. The number of aryl methyl sites for hydroxylation is 1. The second kappa shape index (κ2) is 6.12. The maximum absolute atomic E-state index is 9.68. The van der Waals surface area contributed by atoms with Crippen molar-refractivity contribution >= 4 is 0 Å². The van der Waals surface area contributed by atoms with Crippen molar-refractivity contribution < 1.29 is 9.52 Å². The quantitative estimate of drug-likeness (QED) is 0.797. The molecule has 1 heterocycles. The minimum absolute atomic E-state index is 0.458. The van der Waals surface area contributed by atoms with Crippen molar-refractivity contribution in [3.8, 4) is 11.1 Å². The van der Waals surface area contributed by atoms with E-state index in [1.54, 1.807) is 13.8 Å². The Kier molecular flexibility index (Phi) is 4.02. The zero-order valence-corrected chi connectivity index (χ0v) is 12.7. The van der Waals surface area contributed by atoms with Crippen LogP contribution < -0.4 is 0 Å². The van der Waals surface area contributed by atoms with Crippen molar-refractivity contribution in [1.29, 1.82) is 0 Å². The van der Waals surface area contributed by atoms with E-state index >= 15 is 0 Å². The fourth-order valence-corrected chi connectivity index (χ4v) is 2.38. The molecule has 22 heavy (non-hydrogen) atoms. The van der Waals surface area contributed by atoms with Crippen LogP contribution in [0, 0.1) is 6.92 Å². The smallest absolute Gasteiger partial charge is 0.220 e. The van der Waals surface area contributed by atoms with Crippen LogP contribution in [0.15, 0.2) is 52.9 Å². The fraction of sp³-hybridized carbons (Fsp3) is 0.222. The number of nitrogens with zero attached hydrogens (tertiary/aromatic N) is 2. The summed E-state index contributed by atoms with van der Waals surface area (Å²) in [6.07, 6.45) is 0.175. The number of aliphatic hydroxyl groups is 1. The summed E-state index contributed by atoms with van der Waals surface area (Å²) in [7, 11) is 0. The van der Waals surface area contributed by atoms with Gasteiger partial charge in [0.05, 0.1) is 12.5 Å². The highest BCUT2D eigenvalue weighted by atomic mass is 16.4. The van der Waals surface area contributed by atoms with Gasteiger partial charge >= 0.3 is 0 Å². The van der Waals surface area contributed by atoms with Gasteiger partial charge in [-0.3, -0.25) is 0 Å². The summed E-state index contributed by atoms with van der Waals surface area (Å²) in [5, 5.41) is 17.5. The van der Waals surface area contributed by atoms with Crippen LogP contribution in [0.5, 0.6) is 0 Å². The molecule has 2 aromatic carbocycles. The van der Waals surface area contributed by atoms with Gasteiger partial charge in [0.15, 0.2) is 0 Å². The predicted octanol–water partition coefficient (Wildman–Crippen LogP) is 3.69. The Labute approximate surface area is 129 Å². The van der Waals surface area contributed by atoms with Crippen LogP contribution in [0.2, 0.25) is 0 Å². The number of aromatic nitrogens is 2. The molecule has 0 radical (unpaired) electrons. The number of rotatable bonds is 4. The maximum atomic E-state index is 9.68. The summed E-state index contributed by atoms with van der Waals surface area (Å²) in [6.45, 7) is 3.56. The van der Waals surface area contributed by atoms with E-state index in [0.717, 1.165) is 22.3 Å². The minimum atomic E-state index is -0.458. The van der Waals surface area contributed by atoms with Gasteiger partial charge in [-0.05, 0) is 35.2 Å². The van der Waals surface area contributed by atoms with Crippen molar-refractivity contribution in [3.05, 3.63) is 71.4 Å². The van der Waals surface area contributed by atoms with Crippen LogP contribution in [0.1, 0.15) is 35.9 Å². The Morgan fingerprint density at radius 1 is 1.05 bits per heavy atom. The summed E-state index contributed by atoms with van der Waals surface area (Å²) >= 11 is 0. The summed E-state index contributed by atoms with van der Waals surface area (Å²) in [4.78, 5) is 0. The first-order valence-electron chi connectivity index (χ1n) is 7.28. The monoisotopic (exact) mass is 294 g/mol. The lowest BCUT2D eigenvalue weighted by Gasteiger charge is -2.08. The molecule has 1 unspecified atom stereocenters. The molecule has 112 valence electrons. The largest absolute Gasteiger partial charge is 0.425 e. The molecule has 0 saturated carbocycles. The SMILES string of the molecule is Cc1nnc(Cc2ccc(-c3cccc(C(C)O)c3)cc2)o1. The van der Waals surface area contributed by atoms with E-state index in [-0.39, 0.29) is 0 Å². The lowest BCUT2D eigenvalue weighted by molar-refractivity contribution is 0.199. The van der Waals surface area contributed by atoms with Gasteiger partial charge in [0.25, 0.3) is 0 Å². The van der Waals surface area contributed by atoms with Crippen molar-refractivity contribution in [2.45, 2.75) is 26.4 Å². The van der Waals surface area contributed by atoms with E-state index < -0.39 is 6.10 Å². The van der Waals surface area contributed by atoms with Gasteiger partial charge in [-0.25, -0.2) is 0 Å². The molecule has 0 aliphatic carbocycles. The lowest BCUT2D eigenvalue weighted by Crippen LogP contribution is -1.91. The van der Waals surface area contributed by atoms with E-state index in [1.165, 1.54) is 0 Å². The molecular formula is C18H18N2O2. The molecule has 3 aromatic rings. The second-order valence-electron chi connectivity index (χ2n) is 5.39. The highest BCUT2D eigenvalue weighted by Gasteiger charge is 2.06. The summed E-state index contributed by atoms with van der Waals surface area (Å²) < 4.78 is 5.39. The highest BCUT2D eigenvalue weighted by Crippen LogP contribution is 2.24. The molecule has 0 bridgehead atoms. The summed E-state index contributed by atoms with van der Waals surface area (Å²) in [5.41, 5.74) is 4.26. The first-order valence-corrected chi connectivity index (χ1v) is 7.28. The third-order valence-corrected chi connectivity index (χ3v) is 3.58. The Hall–Kier alpha value is -2.46. The fourth-order valence-electron chi connectivity index (χ4n) is 2.38. The molecule has 4 heteroatoms. The number of hydrogen-bond donors (Lipinski definition) is 1. The van der Waals surface area contributed by atoms with Crippen molar-refractivity contribution in [2.75, 3.05) is 0 Å². The number of hydrogen-bond acceptors (Lipinski definition) is 4. The van der Waals surface area contributed by atoms with Gasteiger partial charge in [0.1, 0.15) is 0 Å². The molecule has 1 N–H and O–H groups in total. The normalized spacial score (nSPS) is 12.3. The molecular weight excluding hydrogens is 276 g/mol. The van der Waals surface area contributed by atoms with Gasteiger partial charge in [-0.15, -0.1) is 10.2 Å². The van der Waals surface area contributed by atoms with Gasteiger partial charge in [-0.2, -0.15) is 0 Å². The number of benzene rings is 2. The zero-order valence-electron chi connectivity index (χ0n) is 12.7. The van der Waals surface area contributed by atoms with Crippen LogP contribution in [0.4, 0.5) is 0 Å². The zero-order chi connectivity index (χ0) is 15.5. The maximum Gasteiger partial charge on any atom is 0.220 e. The summed E-state index contributed by atoms with van der Waals surface area (Å²) in [5.74, 6) is 1.21. The van der Waals surface area contributed by atoms with Crippen LogP contribution in [-0.2, 0) is 6.42 Å². The molecule has 1 atom stereocenters. The van der Waals surface area contributed by atoms with E-state index in [9.17, 15) is 5.11 Å². The van der Waals surface area contributed by atoms with Crippen LogP contribution in [-0.4, -0.2) is 15.3 Å². The molecule has 0 saturated heterocycles. The summed E-state index contributed by atoms with van der Waals surface area (Å²) in [6, 6.07) is 16.2. The Bertz CT molecular complexity index is 761. The van der Waals surface area contributed by atoms with E-state index in [2.05, 4.69) is 34.5 Å². The van der Waals surface area contributed by atoms with Crippen molar-refractivity contribution in [3.63, 3.8) is 0 Å². The topological polar surface area (TPSA) is 59.2 Å². The minimum Gasteiger partial charge on any atom is -0.425 e. The van der Waals surface area contributed by atoms with Crippen LogP contribution >= 0.6 is 0 Å². The van der Waals surface area contributed by atoms with E-state index in [1.807, 2.05) is 24.3 Å².